The topological polar surface area (TPSA) is 71.0 Å². The molecule has 0 unspecified atom stereocenters. The number of carbonyl (C=O) groups excluding carboxylic acids is 1. The van der Waals surface area contributed by atoms with Crippen molar-refractivity contribution in [1.82, 2.24) is 19.4 Å². The fourth-order valence-corrected chi connectivity index (χ4v) is 3.10. The Kier molecular flexibility index (Phi) is 3.64. The first-order valence-corrected chi connectivity index (χ1v) is 8.14. The molecule has 1 saturated heterocycles. The van der Waals surface area contributed by atoms with Crippen LogP contribution in [-0.2, 0) is 11.3 Å². The zero-order chi connectivity index (χ0) is 18.5. The number of H-pyrrole nitrogens is 1. The SMILES string of the molecule is Cc1cccc(-c2cnc3[nH]c(=O)n(CC(=O)N4CC(F)(F)C4)c3c2)c1. The van der Waals surface area contributed by atoms with Crippen molar-refractivity contribution in [2.75, 3.05) is 13.1 Å². The molecule has 0 spiro atoms. The predicted octanol–water partition coefficient (Wildman–Crippen LogP) is 2.18. The maximum Gasteiger partial charge on any atom is 0.328 e. The summed E-state index contributed by atoms with van der Waals surface area (Å²) in [6.45, 7) is 0.475. The van der Waals surface area contributed by atoms with E-state index in [1.54, 1.807) is 12.3 Å². The minimum atomic E-state index is -2.83. The normalized spacial score (nSPS) is 15.9. The molecule has 0 atom stereocenters. The second-order valence-corrected chi connectivity index (χ2v) is 6.58. The average Bonchev–Trinajstić information content (AvgIpc) is 2.87. The number of imidazole rings is 1. The van der Waals surface area contributed by atoms with E-state index in [1.807, 2.05) is 31.2 Å². The van der Waals surface area contributed by atoms with Crippen LogP contribution in [0, 0.1) is 6.92 Å². The van der Waals surface area contributed by atoms with Crippen LogP contribution in [0.4, 0.5) is 8.78 Å². The molecule has 0 bridgehead atoms. The number of hydrogen-bond acceptors (Lipinski definition) is 3. The molecule has 1 aromatic carbocycles. The monoisotopic (exact) mass is 358 g/mol. The van der Waals surface area contributed by atoms with Gasteiger partial charge in [-0.1, -0.05) is 29.8 Å². The number of alkyl halides is 2. The minimum absolute atomic E-state index is 0.298. The number of likely N-dealkylation sites (tertiary alicyclic amines) is 1. The van der Waals surface area contributed by atoms with Gasteiger partial charge in [-0.25, -0.2) is 18.6 Å². The van der Waals surface area contributed by atoms with Crippen LogP contribution in [0.2, 0.25) is 0 Å². The van der Waals surface area contributed by atoms with Crippen molar-refractivity contribution in [2.45, 2.75) is 19.4 Å². The molecule has 26 heavy (non-hydrogen) atoms. The number of nitrogens with zero attached hydrogens (tertiary/aromatic N) is 3. The number of amides is 1. The van der Waals surface area contributed by atoms with Gasteiger partial charge in [-0.3, -0.25) is 14.3 Å². The Labute approximate surface area is 147 Å². The third kappa shape index (κ3) is 2.87. The zero-order valence-corrected chi connectivity index (χ0v) is 14.0. The average molecular weight is 358 g/mol. The van der Waals surface area contributed by atoms with E-state index in [9.17, 15) is 18.4 Å². The van der Waals surface area contributed by atoms with E-state index in [4.69, 9.17) is 0 Å². The molecule has 3 aromatic rings. The summed E-state index contributed by atoms with van der Waals surface area (Å²) in [4.78, 5) is 32.2. The molecule has 3 heterocycles. The molecule has 4 rings (SSSR count). The van der Waals surface area contributed by atoms with Crippen molar-refractivity contribution < 1.29 is 13.6 Å². The predicted molar refractivity (Wildman–Crippen MR) is 92.1 cm³/mol. The van der Waals surface area contributed by atoms with Crippen molar-refractivity contribution >= 4 is 17.1 Å². The summed E-state index contributed by atoms with van der Waals surface area (Å²) < 4.78 is 27.1. The second kappa shape index (κ2) is 5.76. The number of aromatic nitrogens is 3. The number of aryl methyl sites for hydroxylation is 1. The highest BCUT2D eigenvalue weighted by atomic mass is 19.3. The molecular formula is C18H16F2N4O2. The van der Waals surface area contributed by atoms with Crippen molar-refractivity contribution in [3.05, 3.63) is 52.6 Å². The number of rotatable bonds is 3. The Hall–Kier alpha value is -3.03. The van der Waals surface area contributed by atoms with Crippen molar-refractivity contribution in [3.8, 4) is 11.1 Å². The second-order valence-electron chi connectivity index (χ2n) is 6.58. The Bertz CT molecular complexity index is 1060. The van der Waals surface area contributed by atoms with Gasteiger partial charge in [0.25, 0.3) is 5.92 Å². The van der Waals surface area contributed by atoms with E-state index in [-0.39, 0.29) is 6.54 Å². The van der Waals surface area contributed by atoms with Crippen LogP contribution in [0.3, 0.4) is 0 Å². The van der Waals surface area contributed by atoms with Crippen LogP contribution in [-0.4, -0.2) is 44.4 Å². The molecule has 1 amide bonds. The Balaban J connectivity index is 1.68. The highest BCUT2D eigenvalue weighted by Gasteiger charge is 2.46. The summed E-state index contributed by atoms with van der Waals surface area (Å²) in [5.74, 6) is -3.35. The van der Waals surface area contributed by atoms with Crippen LogP contribution in [0.25, 0.3) is 22.3 Å². The van der Waals surface area contributed by atoms with Gasteiger partial charge >= 0.3 is 5.69 Å². The first-order valence-electron chi connectivity index (χ1n) is 8.14. The summed E-state index contributed by atoms with van der Waals surface area (Å²) in [5, 5.41) is 0. The first kappa shape index (κ1) is 16.4. The largest absolute Gasteiger partial charge is 0.329 e. The van der Waals surface area contributed by atoms with E-state index in [0.717, 1.165) is 21.6 Å². The molecule has 0 radical (unpaired) electrons. The highest BCUT2D eigenvalue weighted by Crippen LogP contribution is 2.27. The van der Waals surface area contributed by atoms with Gasteiger partial charge in [-0.15, -0.1) is 0 Å². The van der Waals surface area contributed by atoms with Crippen molar-refractivity contribution in [2.24, 2.45) is 0 Å². The van der Waals surface area contributed by atoms with Gasteiger partial charge in [0.1, 0.15) is 6.54 Å². The zero-order valence-electron chi connectivity index (χ0n) is 14.0. The summed E-state index contributed by atoms with van der Waals surface area (Å²) in [5.41, 5.74) is 3.16. The summed E-state index contributed by atoms with van der Waals surface area (Å²) >= 11 is 0. The van der Waals surface area contributed by atoms with Gasteiger partial charge in [0.15, 0.2) is 5.65 Å². The molecule has 1 fully saturated rings. The highest BCUT2D eigenvalue weighted by molar-refractivity contribution is 5.82. The quantitative estimate of drug-likeness (QED) is 0.780. The standard InChI is InChI=1S/C18H16F2N4O2/c1-11-3-2-4-12(5-11)13-6-14-16(21-7-13)22-17(26)24(14)8-15(25)23-9-18(19,20)10-23/h2-7H,8-10H2,1H3,(H,21,22,26). The van der Waals surface area contributed by atoms with E-state index in [1.165, 1.54) is 4.57 Å². The number of aromatic amines is 1. The first-order chi connectivity index (χ1) is 12.3. The Morgan fingerprint density at radius 2 is 2.04 bits per heavy atom. The smallest absolute Gasteiger partial charge is 0.328 e. The molecule has 0 aliphatic carbocycles. The van der Waals surface area contributed by atoms with Crippen LogP contribution in [0.1, 0.15) is 5.56 Å². The number of hydrogen-bond donors (Lipinski definition) is 1. The summed E-state index contributed by atoms with van der Waals surface area (Å²) in [6, 6.07) is 9.59. The summed E-state index contributed by atoms with van der Waals surface area (Å²) in [7, 11) is 0. The van der Waals surface area contributed by atoms with Gasteiger partial charge in [-0.2, -0.15) is 0 Å². The lowest BCUT2D eigenvalue weighted by Gasteiger charge is -2.38. The van der Waals surface area contributed by atoms with Crippen LogP contribution in [0.5, 0.6) is 0 Å². The Morgan fingerprint density at radius 1 is 1.27 bits per heavy atom. The Morgan fingerprint density at radius 3 is 2.73 bits per heavy atom. The molecule has 134 valence electrons. The summed E-state index contributed by atoms with van der Waals surface area (Å²) in [6.07, 6.45) is 1.65. The van der Waals surface area contributed by atoms with E-state index < -0.39 is 30.6 Å². The van der Waals surface area contributed by atoms with Gasteiger partial charge in [0, 0.05) is 11.8 Å². The van der Waals surface area contributed by atoms with E-state index >= 15 is 0 Å². The molecule has 6 nitrogen and oxygen atoms in total. The molecule has 1 aliphatic rings. The lowest BCUT2D eigenvalue weighted by atomic mass is 10.1. The third-order valence-electron chi connectivity index (χ3n) is 4.47. The molecule has 1 N–H and O–H groups in total. The van der Waals surface area contributed by atoms with E-state index in [2.05, 4.69) is 9.97 Å². The van der Waals surface area contributed by atoms with Crippen LogP contribution < -0.4 is 5.69 Å². The van der Waals surface area contributed by atoms with Crippen molar-refractivity contribution in [3.63, 3.8) is 0 Å². The van der Waals surface area contributed by atoms with Crippen molar-refractivity contribution in [1.29, 1.82) is 0 Å². The van der Waals surface area contributed by atoms with Gasteiger partial charge in [-0.05, 0) is 18.6 Å². The molecule has 2 aromatic heterocycles. The van der Waals surface area contributed by atoms with Gasteiger partial charge in [0.05, 0.1) is 18.6 Å². The number of pyridine rings is 1. The number of benzene rings is 1. The number of fused-ring (bicyclic) bond motifs is 1. The lowest BCUT2D eigenvalue weighted by Crippen LogP contribution is -2.59. The molecule has 1 aliphatic heterocycles. The fourth-order valence-electron chi connectivity index (χ4n) is 3.10. The van der Waals surface area contributed by atoms with Gasteiger partial charge < -0.3 is 4.90 Å². The van der Waals surface area contributed by atoms with Gasteiger partial charge in [0.2, 0.25) is 5.91 Å². The van der Waals surface area contributed by atoms with Crippen LogP contribution in [0.15, 0.2) is 41.3 Å². The fraction of sp³-hybridized carbons (Fsp3) is 0.278. The minimum Gasteiger partial charge on any atom is -0.329 e. The van der Waals surface area contributed by atoms with E-state index in [0.29, 0.717) is 11.2 Å². The molecule has 8 heteroatoms. The molecular weight excluding hydrogens is 342 g/mol. The number of halogens is 2. The maximum atomic E-state index is 13.0. The lowest BCUT2D eigenvalue weighted by molar-refractivity contribution is -0.166. The molecule has 0 saturated carbocycles. The maximum absolute atomic E-state index is 13.0. The number of nitrogens with one attached hydrogen (secondary N) is 1. The van der Waals surface area contributed by atoms with Crippen LogP contribution >= 0.6 is 0 Å². The third-order valence-corrected chi connectivity index (χ3v) is 4.47. The number of carbonyl (C=O) groups is 1.